The summed E-state index contributed by atoms with van der Waals surface area (Å²) in [5.41, 5.74) is 0. The lowest BCUT2D eigenvalue weighted by atomic mass is 9.85. The summed E-state index contributed by atoms with van der Waals surface area (Å²) in [6, 6.07) is 0. The molecule has 0 spiro atoms. The van der Waals surface area contributed by atoms with E-state index in [4.69, 9.17) is 10.9 Å². The standard InChI is InChI=1S/C15H26O6/c1-11(16)20-6-4-2-3-5-7-21-15(19)12-8-13(17)10-14(18)9-12/h12-14,17-18H,2-10H2,1H3/i17D. The van der Waals surface area contributed by atoms with Crippen molar-refractivity contribution in [2.24, 2.45) is 5.92 Å². The Bertz CT molecular complexity index is 349. The van der Waals surface area contributed by atoms with E-state index in [9.17, 15) is 14.7 Å². The summed E-state index contributed by atoms with van der Waals surface area (Å²) in [6.45, 7) is 2.17. The van der Waals surface area contributed by atoms with E-state index in [2.05, 4.69) is 5.11 Å². The lowest BCUT2D eigenvalue weighted by molar-refractivity contribution is -0.153. The number of rotatable bonds is 9. The fourth-order valence-electron chi connectivity index (χ4n) is 2.49. The average molecular weight is 303 g/mol. The van der Waals surface area contributed by atoms with Crippen molar-refractivity contribution in [1.29, 1.82) is 1.43 Å². The molecule has 0 bridgehead atoms. The van der Waals surface area contributed by atoms with Crippen LogP contribution in [0.4, 0.5) is 0 Å². The highest BCUT2D eigenvalue weighted by Crippen LogP contribution is 2.25. The van der Waals surface area contributed by atoms with Crippen LogP contribution in [0.3, 0.4) is 0 Å². The molecule has 1 aliphatic rings. The minimum atomic E-state index is -0.608. The summed E-state index contributed by atoms with van der Waals surface area (Å²) < 4.78 is 16.9. The topological polar surface area (TPSA) is 93.1 Å². The summed E-state index contributed by atoms with van der Waals surface area (Å²) in [5.74, 6) is -0.970. The van der Waals surface area contributed by atoms with Crippen molar-refractivity contribution < 1.29 is 29.3 Å². The second-order valence-corrected chi connectivity index (χ2v) is 5.60. The SMILES string of the molecule is [2H]OC1CC(O)CC(C(=O)OCCCCCCOC(C)=O)C1. The normalized spacial score (nSPS) is 26.0. The molecule has 1 aliphatic carbocycles. The quantitative estimate of drug-likeness (QED) is 0.491. The molecule has 6 nitrogen and oxygen atoms in total. The molecule has 3 atom stereocenters. The van der Waals surface area contributed by atoms with E-state index in [1.807, 2.05) is 0 Å². The van der Waals surface area contributed by atoms with Gasteiger partial charge in [0.05, 0.1) is 31.3 Å². The molecule has 3 unspecified atom stereocenters. The predicted octanol–water partition coefficient (Wildman–Crippen LogP) is 1.17. The second-order valence-electron chi connectivity index (χ2n) is 5.60. The fraction of sp³-hybridized carbons (Fsp3) is 0.867. The van der Waals surface area contributed by atoms with Gasteiger partial charge in [-0.25, -0.2) is 0 Å². The maximum Gasteiger partial charge on any atom is 0.309 e. The molecule has 0 aromatic rings. The Hall–Kier alpha value is -1.14. The number of hydrogen-bond acceptors (Lipinski definition) is 6. The monoisotopic (exact) mass is 303 g/mol. The highest BCUT2D eigenvalue weighted by atomic mass is 16.5. The zero-order valence-electron chi connectivity index (χ0n) is 13.6. The van der Waals surface area contributed by atoms with Gasteiger partial charge in [0, 0.05) is 6.92 Å². The van der Waals surface area contributed by atoms with Gasteiger partial charge in [-0.1, -0.05) is 0 Å². The van der Waals surface area contributed by atoms with Gasteiger partial charge in [-0.05, 0) is 44.9 Å². The maximum absolute atomic E-state index is 11.9. The van der Waals surface area contributed by atoms with Crippen molar-refractivity contribution in [3.05, 3.63) is 0 Å². The third-order valence-electron chi connectivity index (χ3n) is 3.56. The Morgan fingerprint density at radius 1 is 1.05 bits per heavy atom. The Morgan fingerprint density at radius 3 is 2.29 bits per heavy atom. The van der Waals surface area contributed by atoms with Gasteiger partial charge in [0.25, 0.3) is 0 Å². The van der Waals surface area contributed by atoms with Gasteiger partial charge in [0.1, 0.15) is 0 Å². The lowest BCUT2D eigenvalue weighted by Crippen LogP contribution is -2.34. The van der Waals surface area contributed by atoms with Crippen LogP contribution in [-0.2, 0) is 19.1 Å². The number of carbonyl (C=O) groups excluding carboxylic acids is 2. The van der Waals surface area contributed by atoms with Gasteiger partial charge in [-0.3, -0.25) is 9.59 Å². The van der Waals surface area contributed by atoms with Gasteiger partial charge in [-0.15, -0.1) is 0 Å². The van der Waals surface area contributed by atoms with E-state index >= 15 is 0 Å². The first-order valence-electron chi connectivity index (χ1n) is 8.03. The van der Waals surface area contributed by atoms with Crippen LogP contribution >= 0.6 is 0 Å². The highest BCUT2D eigenvalue weighted by molar-refractivity contribution is 5.72. The van der Waals surface area contributed by atoms with E-state index in [1.54, 1.807) is 0 Å². The van der Waals surface area contributed by atoms with Crippen molar-refractivity contribution in [2.45, 2.75) is 64.1 Å². The maximum atomic E-state index is 11.9. The number of aliphatic hydroxyl groups excluding tert-OH is 2. The number of aliphatic hydroxyl groups is 2. The van der Waals surface area contributed by atoms with Crippen molar-refractivity contribution in [3.8, 4) is 0 Å². The zero-order valence-corrected chi connectivity index (χ0v) is 12.6. The first-order valence-corrected chi connectivity index (χ1v) is 7.63. The van der Waals surface area contributed by atoms with Gasteiger partial charge in [0.15, 0.2) is 0 Å². The molecule has 122 valence electrons. The van der Waals surface area contributed by atoms with Crippen LogP contribution in [0.5, 0.6) is 0 Å². The minimum Gasteiger partial charge on any atom is -0.466 e. The van der Waals surface area contributed by atoms with Gasteiger partial charge < -0.3 is 19.7 Å². The molecule has 0 radical (unpaired) electrons. The molecule has 21 heavy (non-hydrogen) atoms. The van der Waals surface area contributed by atoms with Crippen LogP contribution < -0.4 is 0 Å². The van der Waals surface area contributed by atoms with Gasteiger partial charge >= 0.3 is 11.9 Å². The summed E-state index contributed by atoms with van der Waals surface area (Å²) in [7, 11) is 0. The summed E-state index contributed by atoms with van der Waals surface area (Å²) >= 11 is 0. The molecule has 1 saturated carbocycles. The Labute approximate surface area is 126 Å². The van der Waals surface area contributed by atoms with E-state index in [-0.39, 0.29) is 17.9 Å². The van der Waals surface area contributed by atoms with Gasteiger partial charge in [-0.2, -0.15) is 0 Å². The number of unbranched alkanes of at least 4 members (excludes halogenated alkanes) is 3. The van der Waals surface area contributed by atoms with Crippen LogP contribution in [-0.4, -0.2) is 49.0 Å². The van der Waals surface area contributed by atoms with Crippen molar-refractivity contribution in [1.82, 2.24) is 0 Å². The molecular weight excluding hydrogens is 276 g/mol. The second kappa shape index (κ2) is 9.73. The molecule has 0 aromatic carbocycles. The molecule has 0 saturated heterocycles. The van der Waals surface area contributed by atoms with Crippen LogP contribution in [0.1, 0.15) is 51.9 Å². The Kier molecular flexibility index (Phi) is 7.53. The molecule has 0 heterocycles. The predicted molar refractivity (Wildman–Crippen MR) is 75.4 cm³/mol. The van der Waals surface area contributed by atoms with Gasteiger partial charge in [0.2, 0.25) is 1.43 Å². The summed E-state index contributed by atoms with van der Waals surface area (Å²) in [6.07, 6.45) is 3.59. The van der Waals surface area contributed by atoms with E-state index in [1.165, 1.54) is 6.92 Å². The molecule has 1 fully saturated rings. The summed E-state index contributed by atoms with van der Waals surface area (Å²) in [4.78, 5) is 22.5. The lowest BCUT2D eigenvalue weighted by Gasteiger charge is -2.28. The van der Waals surface area contributed by atoms with Crippen molar-refractivity contribution in [2.75, 3.05) is 13.2 Å². The molecule has 2 N–H and O–H groups in total. The van der Waals surface area contributed by atoms with Crippen LogP contribution in [0.25, 0.3) is 0 Å². The molecule has 0 aliphatic heterocycles. The highest BCUT2D eigenvalue weighted by Gasteiger charge is 2.31. The Balaban J connectivity index is 2.06. The van der Waals surface area contributed by atoms with Crippen LogP contribution in [0, 0.1) is 5.92 Å². The first kappa shape index (κ1) is 16.2. The number of esters is 2. The van der Waals surface area contributed by atoms with E-state index in [0.717, 1.165) is 25.7 Å². The largest absolute Gasteiger partial charge is 0.466 e. The van der Waals surface area contributed by atoms with E-state index < -0.39 is 12.2 Å². The third kappa shape index (κ3) is 8.02. The third-order valence-corrected chi connectivity index (χ3v) is 3.56. The smallest absolute Gasteiger partial charge is 0.309 e. The van der Waals surface area contributed by atoms with Crippen LogP contribution in [0.15, 0.2) is 0 Å². The molecule has 6 heteroatoms. The van der Waals surface area contributed by atoms with E-state index in [0.29, 0.717) is 32.5 Å². The average Bonchev–Trinajstić information content (AvgIpc) is 2.48. The molecule has 0 amide bonds. The Morgan fingerprint density at radius 2 is 1.67 bits per heavy atom. The molecule has 1 rings (SSSR count). The van der Waals surface area contributed by atoms with Crippen LogP contribution in [0.2, 0.25) is 0 Å². The fourth-order valence-corrected chi connectivity index (χ4v) is 2.49. The number of carbonyl (C=O) groups is 2. The minimum absolute atomic E-state index is 0.265. The van der Waals surface area contributed by atoms with Crippen molar-refractivity contribution in [3.63, 3.8) is 0 Å². The number of hydrogen-bond donors (Lipinski definition) is 2. The summed E-state index contributed by atoms with van der Waals surface area (Å²) in [5, 5.41) is 14.1. The molecule has 0 aromatic heterocycles. The van der Waals surface area contributed by atoms with Crippen molar-refractivity contribution >= 4 is 11.9 Å². The number of ether oxygens (including phenoxy) is 2. The molecular formula is C15H26O6. The zero-order chi connectivity index (χ0) is 16.4. The first-order chi connectivity index (χ1) is 10.5.